The molecule has 0 aromatic heterocycles. The van der Waals surface area contributed by atoms with Gasteiger partial charge >= 0.3 is 0 Å². The summed E-state index contributed by atoms with van der Waals surface area (Å²) < 4.78 is 0. The van der Waals surface area contributed by atoms with Gasteiger partial charge in [0.05, 0.1) is 0 Å². The van der Waals surface area contributed by atoms with E-state index < -0.39 is 0 Å². The minimum absolute atomic E-state index is 0.910. The quantitative estimate of drug-likeness (QED) is 0.0335. The Morgan fingerprint density at radius 2 is 0.814 bits per heavy atom. The van der Waals surface area contributed by atoms with Crippen molar-refractivity contribution in [3.63, 3.8) is 0 Å². The van der Waals surface area contributed by atoms with Gasteiger partial charge < -0.3 is 10.7 Å². The monoisotopic (exact) mass is 598 g/mol. The van der Waals surface area contributed by atoms with Crippen molar-refractivity contribution in [1.82, 2.24) is 10.7 Å². The lowest BCUT2D eigenvalue weighted by Crippen LogP contribution is -2.22. The molecule has 3 nitrogen and oxygen atoms in total. The summed E-state index contributed by atoms with van der Waals surface area (Å²) >= 11 is 0. The van der Waals surface area contributed by atoms with E-state index in [1.807, 2.05) is 7.05 Å². The lowest BCUT2D eigenvalue weighted by Gasteiger charge is -2.08. The van der Waals surface area contributed by atoms with Crippen molar-refractivity contribution >= 4 is 5.71 Å². The van der Waals surface area contributed by atoms with E-state index in [1.165, 1.54) is 160 Å². The number of hydrazone groups is 1. The highest BCUT2D eigenvalue weighted by Crippen LogP contribution is 2.14. The number of hydrogen-bond donors (Lipinski definition) is 2. The Bertz CT molecular complexity index is 623. The highest BCUT2D eigenvalue weighted by atomic mass is 15.3. The largest absolute Gasteiger partial charge is 0.318 e. The van der Waals surface area contributed by atoms with E-state index in [1.54, 1.807) is 0 Å². The molecule has 0 radical (unpaired) electrons. The maximum absolute atomic E-state index is 4.78. The average Bonchev–Trinajstić information content (AvgIpc) is 3.02. The fourth-order valence-electron chi connectivity index (χ4n) is 5.22. The minimum atomic E-state index is 0.910. The van der Waals surface area contributed by atoms with Crippen LogP contribution in [0.25, 0.3) is 0 Å². The van der Waals surface area contributed by atoms with Crippen molar-refractivity contribution < 1.29 is 0 Å². The van der Waals surface area contributed by atoms with E-state index in [2.05, 4.69) is 73.2 Å². The van der Waals surface area contributed by atoms with Crippen LogP contribution >= 0.6 is 0 Å². The van der Waals surface area contributed by atoms with Crippen LogP contribution < -0.4 is 10.7 Å². The number of nitrogens with one attached hydrogen (secondary N) is 2. The van der Waals surface area contributed by atoms with Crippen LogP contribution in [0.3, 0.4) is 0 Å². The summed E-state index contributed by atoms with van der Waals surface area (Å²) in [5, 5.41) is 7.98. The molecule has 0 spiro atoms. The molecule has 0 amide bonds. The number of hydrogen-bond acceptors (Lipinski definition) is 3. The third-order valence-electron chi connectivity index (χ3n) is 8.06. The van der Waals surface area contributed by atoms with Crippen LogP contribution in [0.5, 0.6) is 0 Å². The van der Waals surface area contributed by atoms with Crippen molar-refractivity contribution in [2.45, 2.75) is 181 Å². The normalized spacial score (nSPS) is 12.1. The molecule has 0 rings (SSSR count). The predicted molar refractivity (Wildman–Crippen MR) is 197 cm³/mol. The van der Waals surface area contributed by atoms with Gasteiger partial charge in [0.25, 0.3) is 0 Å². The van der Waals surface area contributed by atoms with Crippen LogP contribution in [0.1, 0.15) is 181 Å². The molecule has 0 saturated heterocycles. The predicted octanol–water partition coefficient (Wildman–Crippen LogP) is 12.6. The van der Waals surface area contributed by atoms with E-state index >= 15 is 0 Å². The van der Waals surface area contributed by atoms with E-state index in [9.17, 15) is 0 Å². The fourth-order valence-corrected chi connectivity index (χ4v) is 5.22. The van der Waals surface area contributed by atoms with Crippen molar-refractivity contribution in [3.8, 4) is 0 Å². The van der Waals surface area contributed by atoms with Gasteiger partial charge in [-0.3, -0.25) is 0 Å². The Morgan fingerprint density at radius 3 is 1.21 bits per heavy atom. The van der Waals surface area contributed by atoms with Gasteiger partial charge in [-0.2, -0.15) is 5.10 Å². The first-order valence-corrected chi connectivity index (χ1v) is 18.9. The van der Waals surface area contributed by atoms with Gasteiger partial charge in [0.15, 0.2) is 0 Å². The van der Waals surface area contributed by atoms with Crippen LogP contribution in [-0.4, -0.2) is 25.8 Å². The van der Waals surface area contributed by atoms with Crippen LogP contribution in [0.2, 0.25) is 0 Å². The molecular formula is C40H75N3. The molecule has 2 N–H and O–H groups in total. The minimum Gasteiger partial charge on any atom is -0.318 e. The second-order valence-electron chi connectivity index (χ2n) is 12.4. The van der Waals surface area contributed by atoms with Gasteiger partial charge in [0, 0.05) is 18.8 Å². The van der Waals surface area contributed by atoms with Crippen LogP contribution in [0.4, 0.5) is 0 Å². The second-order valence-corrected chi connectivity index (χ2v) is 12.4. The number of rotatable bonds is 34. The second kappa shape index (κ2) is 38.4. The van der Waals surface area contributed by atoms with Crippen molar-refractivity contribution in [3.05, 3.63) is 48.6 Å². The van der Waals surface area contributed by atoms with E-state index in [0.29, 0.717) is 0 Å². The fraction of sp³-hybridized carbons (Fsp3) is 0.775. The Morgan fingerprint density at radius 1 is 0.442 bits per heavy atom. The zero-order chi connectivity index (χ0) is 31.2. The molecule has 3 heteroatoms. The van der Waals surface area contributed by atoms with E-state index in [4.69, 9.17) is 5.10 Å². The summed E-state index contributed by atoms with van der Waals surface area (Å²) in [6, 6.07) is 0. The van der Waals surface area contributed by atoms with Gasteiger partial charge in [-0.05, 0) is 96.9 Å². The third kappa shape index (κ3) is 36.5. The molecule has 0 heterocycles. The Balaban J connectivity index is 3.80. The maximum Gasteiger partial charge on any atom is 0.0454 e. The molecule has 0 atom stereocenters. The Kier molecular flexibility index (Phi) is 37.0. The summed E-state index contributed by atoms with van der Waals surface area (Å²) in [7, 11) is 2.00. The number of unbranched alkanes of at least 4 members (excludes halogenated alkanes) is 18. The number of nitrogens with zero attached hydrogens (tertiary/aromatic N) is 1. The van der Waals surface area contributed by atoms with Gasteiger partial charge in [0.2, 0.25) is 0 Å². The third-order valence-corrected chi connectivity index (χ3v) is 8.06. The lowest BCUT2D eigenvalue weighted by molar-refractivity contribution is 0.590. The molecule has 0 aliphatic rings. The molecule has 0 aromatic carbocycles. The molecule has 0 aromatic rings. The zero-order valence-electron chi connectivity index (χ0n) is 29.4. The average molecular weight is 598 g/mol. The SMILES string of the molecule is CCCCC/C=C\C/C=C\CCCCCCCCC(CCCCCCCC/C=C\C/C=C\CCCCC)=NNCCNC. The first kappa shape index (κ1) is 41.4. The molecule has 0 fully saturated rings. The summed E-state index contributed by atoms with van der Waals surface area (Å²) in [4.78, 5) is 0. The lowest BCUT2D eigenvalue weighted by atomic mass is 10.0. The molecule has 0 aliphatic carbocycles. The highest BCUT2D eigenvalue weighted by Gasteiger charge is 2.02. The zero-order valence-corrected chi connectivity index (χ0v) is 29.4. The van der Waals surface area contributed by atoms with Gasteiger partial charge in [-0.15, -0.1) is 0 Å². The molecule has 250 valence electrons. The van der Waals surface area contributed by atoms with Gasteiger partial charge in [-0.25, -0.2) is 0 Å². The van der Waals surface area contributed by atoms with E-state index in [0.717, 1.165) is 25.9 Å². The molecule has 0 bridgehead atoms. The molecule has 0 saturated carbocycles. The Labute approximate surface area is 270 Å². The summed E-state index contributed by atoms with van der Waals surface area (Å²) in [6.07, 6.45) is 52.6. The highest BCUT2D eigenvalue weighted by molar-refractivity contribution is 5.84. The Hall–Kier alpha value is -1.61. The van der Waals surface area contributed by atoms with Crippen molar-refractivity contribution in [2.24, 2.45) is 5.10 Å². The molecule has 43 heavy (non-hydrogen) atoms. The van der Waals surface area contributed by atoms with E-state index in [-0.39, 0.29) is 0 Å². The van der Waals surface area contributed by atoms with Crippen LogP contribution in [0, 0.1) is 0 Å². The first-order chi connectivity index (χ1) is 21.3. The number of allylic oxidation sites excluding steroid dienone is 8. The summed E-state index contributed by atoms with van der Waals surface area (Å²) in [6.45, 7) is 6.41. The van der Waals surface area contributed by atoms with Gasteiger partial charge in [-0.1, -0.05) is 140 Å². The summed E-state index contributed by atoms with van der Waals surface area (Å²) in [5.74, 6) is 0. The molecule has 0 unspecified atom stereocenters. The van der Waals surface area contributed by atoms with Crippen LogP contribution in [0.15, 0.2) is 53.7 Å². The standard InChI is InChI=1S/C40H75N3/c1-4-6-8-10-12-14-16-18-20-22-24-26-28-30-32-34-36-40(43-42-39-38-41-3)37-35-33-31-29-27-25-23-21-19-17-15-13-11-9-7-5-2/h12-15,18-21,41-42H,4-11,16-17,22-39H2,1-3H3/b14-12-,15-13-,20-18-,21-19-. The summed E-state index contributed by atoms with van der Waals surface area (Å²) in [5.41, 5.74) is 4.69. The van der Waals surface area contributed by atoms with Crippen LogP contribution in [-0.2, 0) is 0 Å². The maximum atomic E-state index is 4.78. The number of likely N-dealkylation sites (N-methyl/N-ethyl adjacent to an activating group) is 1. The van der Waals surface area contributed by atoms with Crippen molar-refractivity contribution in [1.29, 1.82) is 0 Å². The smallest absolute Gasteiger partial charge is 0.0454 e. The van der Waals surface area contributed by atoms with Crippen molar-refractivity contribution in [2.75, 3.05) is 20.1 Å². The topological polar surface area (TPSA) is 36.4 Å². The van der Waals surface area contributed by atoms with Gasteiger partial charge in [0.1, 0.15) is 0 Å². The molecule has 0 aliphatic heterocycles. The first-order valence-electron chi connectivity index (χ1n) is 18.9. The molecular weight excluding hydrogens is 522 g/mol.